The first-order valence-corrected chi connectivity index (χ1v) is 25.4. The van der Waals surface area contributed by atoms with Crippen LogP contribution in [0, 0.1) is 5.92 Å². The molecule has 4 aromatic rings. The van der Waals surface area contributed by atoms with Crippen LogP contribution in [0.3, 0.4) is 0 Å². The van der Waals surface area contributed by atoms with Gasteiger partial charge >= 0.3 is 18.1 Å². The number of fused-ring (bicyclic) bond motifs is 1. The Morgan fingerprint density at radius 3 is 2.32 bits per heavy atom. The number of carbonyl (C=O) groups excluding carboxylic acids is 7. The van der Waals surface area contributed by atoms with Gasteiger partial charge in [-0.1, -0.05) is 57.9 Å². The zero-order valence-electron chi connectivity index (χ0n) is 43.2. The van der Waals surface area contributed by atoms with Gasteiger partial charge in [0, 0.05) is 68.6 Å². The summed E-state index contributed by atoms with van der Waals surface area (Å²) in [6, 6.07) is 11.9. The fourth-order valence-corrected chi connectivity index (χ4v) is 8.71. The molecule has 6 rings (SSSR count). The summed E-state index contributed by atoms with van der Waals surface area (Å²) < 4.78 is 19.0. The number of benzene rings is 2. The van der Waals surface area contributed by atoms with Gasteiger partial charge in [-0.25, -0.2) is 9.59 Å². The van der Waals surface area contributed by atoms with E-state index in [0.29, 0.717) is 91.6 Å². The predicted octanol–water partition coefficient (Wildman–Crippen LogP) is 3.83. The minimum atomic E-state index is -1.04. The fraction of sp³-hybridized carbons (Fsp3) is 0.481. The number of methoxy groups -OCH3 is 1. The van der Waals surface area contributed by atoms with Crippen LogP contribution in [-0.4, -0.2) is 124 Å². The van der Waals surface area contributed by atoms with Crippen molar-refractivity contribution >= 4 is 70.0 Å². The van der Waals surface area contributed by atoms with E-state index in [4.69, 9.17) is 31.4 Å². The van der Waals surface area contributed by atoms with Crippen LogP contribution < -0.4 is 53.3 Å². The molecule has 2 aliphatic rings. The summed E-state index contributed by atoms with van der Waals surface area (Å²) in [6.07, 6.45) is 6.64. The Hall–Kier alpha value is -7.95. The van der Waals surface area contributed by atoms with E-state index in [2.05, 4.69) is 48.4 Å². The number of nitrogens with one attached hydrogen (secondary N) is 5. The van der Waals surface area contributed by atoms with Crippen LogP contribution in [0.25, 0.3) is 11.0 Å². The van der Waals surface area contributed by atoms with E-state index in [9.17, 15) is 33.6 Å². The van der Waals surface area contributed by atoms with Crippen molar-refractivity contribution in [2.45, 2.75) is 116 Å². The molecule has 11 N–H and O–H groups in total. The van der Waals surface area contributed by atoms with Crippen molar-refractivity contribution in [3.8, 4) is 11.8 Å². The van der Waals surface area contributed by atoms with Crippen LogP contribution in [0.2, 0.25) is 0 Å². The number of unbranched alkanes of at least 4 members (excludes halogenated alkanes) is 3. The number of carbonyl (C=O) groups is 7. The Bertz CT molecular complexity index is 2670. The standard InChI is InChI=1S/C52H71N13O10/c1-5-6-25-74-51-61-46(54)38-27-41(53)65(47(38)62-51)29-35-16-13-34(26-40(35)73-4)28-63-24-21-37(30-63)58-52(72)75-31-33-14-17-36(18-15-33)57-48(69)39(11-10-22-56-50(55)71)59-49(70)45(32(2)3)60-42(66)12-8-7-9-23-64-43(67)19-20-44(64)68/h13-20,26-27,32,37,39,45H,5-12,21-25,28-31,53H2,1-4H3,(H,57,69)(H,58,72)(H,59,70)(H,60,66)(H2,54,61,62)(H3,55,56,71)/t37-,39-,45-/m0/s1. The van der Waals surface area contributed by atoms with E-state index in [1.54, 1.807) is 51.3 Å². The second-order valence-corrected chi connectivity index (χ2v) is 19.0. The molecule has 4 heterocycles. The average Bonchev–Trinajstić information content (AvgIpc) is 4.06. The second kappa shape index (κ2) is 27.4. The maximum Gasteiger partial charge on any atom is 0.407 e. The van der Waals surface area contributed by atoms with Crippen molar-refractivity contribution in [1.82, 2.24) is 45.6 Å². The molecule has 8 amide bonds. The summed E-state index contributed by atoms with van der Waals surface area (Å²) in [4.78, 5) is 100. The molecule has 75 heavy (non-hydrogen) atoms. The number of likely N-dealkylation sites (tertiary alicyclic amines) is 1. The first kappa shape index (κ1) is 56.3. The average molecular weight is 1040 g/mol. The normalized spacial score (nSPS) is 15.2. The molecule has 0 aliphatic carbocycles. The van der Waals surface area contributed by atoms with Crippen molar-refractivity contribution in [1.29, 1.82) is 0 Å². The minimum absolute atomic E-state index is 0.0203. The van der Waals surface area contributed by atoms with Crippen LogP contribution in [0.5, 0.6) is 11.8 Å². The van der Waals surface area contributed by atoms with E-state index < -0.39 is 36.0 Å². The van der Waals surface area contributed by atoms with Gasteiger partial charge in [0.25, 0.3) is 11.8 Å². The molecule has 0 saturated carbocycles. The van der Waals surface area contributed by atoms with Crippen LogP contribution in [-0.2, 0) is 48.4 Å². The number of anilines is 3. The zero-order valence-corrected chi connectivity index (χ0v) is 43.2. The number of imide groups is 1. The molecular formula is C52H71N13O10. The highest BCUT2D eigenvalue weighted by atomic mass is 16.5. The van der Waals surface area contributed by atoms with E-state index in [0.717, 1.165) is 41.8 Å². The molecular weight excluding hydrogens is 967 g/mol. The van der Waals surface area contributed by atoms with Crippen molar-refractivity contribution in [2.24, 2.45) is 11.7 Å². The van der Waals surface area contributed by atoms with Crippen molar-refractivity contribution in [3.05, 3.63) is 77.4 Å². The summed E-state index contributed by atoms with van der Waals surface area (Å²) in [5.74, 6) is -1.01. The third kappa shape index (κ3) is 16.5. The highest BCUT2D eigenvalue weighted by Crippen LogP contribution is 2.30. The summed E-state index contributed by atoms with van der Waals surface area (Å²) in [5.41, 5.74) is 21.5. The molecule has 2 aliphatic heterocycles. The molecule has 0 bridgehead atoms. The van der Waals surface area contributed by atoms with Crippen LogP contribution in [0.1, 0.15) is 95.2 Å². The van der Waals surface area contributed by atoms with Gasteiger partial charge in [-0.15, -0.1) is 0 Å². The molecule has 1 fully saturated rings. The first-order valence-electron chi connectivity index (χ1n) is 25.4. The molecule has 3 atom stereocenters. The van der Waals surface area contributed by atoms with Gasteiger partial charge in [0.05, 0.1) is 25.6 Å². The van der Waals surface area contributed by atoms with E-state index in [-0.39, 0.29) is 68.2 Å². The lowest BCUT2D eigenvalue weighted by Crippen LogP contribution is -2.54. The lowest BCUT2D eigenvalue weighted by atomic mass is 10.0. The monoisotopic (exact) mass is 1040 g/mol. The molecule has 0 radical (unpaired) electrons. The highest BCUT2D eigenvalue weighted by Gasteiger charge is 2.30. The van der Waals surface area contributed by atoms with E-state index in [1.165, 1.54) is 12.2 Å². The Kier molecular flexibility index (Phi) is 20.6. The molecule has 23 heteroatoms. The molecule has 0 spiro atoms. The molecule has 404 valence electrons. The number of alkyl carbamates (subject to hydrolysis) is 1. The smallest absolute Gasteiger partial charge is 0.407 e. The Labute approximate surface area is 436 Å². The number of primary amides is 1. The molecule has 2 aromatic heterocycles. The van der Waals surface area contributed by atoms with Gasteiger partial charge in [0.2, 0.25) is 17.7 Å². The number of rotatable bonds is 28. The maximum absolute atomic E-state index is 13.6. The molecule has 1 saturated heterocycles. The number of urea groups is 1. The molecule has 23 nitrogen and oxygen atoms in total. The summed E-state index contributed by atoms with van der Waals surface area (Å²) >= 11 is 0. The van der Waals surface area contributed by atoms with Crippen molar-refractivity contribution in [3.63, 3.8) is 0 Å². The largest absolute Gasteiger partial charge is 0.496 e. The van der Waals surface area contributed by atoms with Crippen LogP contribution in [0.15, 0.2) is 60.7 Å². The fourth-order valence-electron chi connectivity index (χ4n) is 8.71. The van der Waals surface area contributed by atoms with E-state index >= 15 is 0 Å². The number of hydrogen-bond donors (Lipinski definition) is 8. The summed E-state index contributed by atoms with van der Waals surface area (Å²) in [5, 5.41) is 14.5. The van der Waals surface area contributed by atoms with Crippen LogP contribution in [0.4, 0.5) is 26.9 Å². The number of nitrogens with two attached hydrogens (primary N) is 3. The molecule has 2 aromatic carbocycles. The molecule has 0 unspecified atom stereocenters. The highest BCUT2D eigenvalue weighted by molar-refractivity contribution is 6.12. The van der Waals surface area contributed by atoms with Gasteiger partial charge < -0.3 is 62.6 Å². The zero-order chi connectivity index (χ0) is 54.0. The third-order valence-corrected chi connectivity index (χ3v) is 12.8. The summed E-state index contributed by atoms with van der Waals surface area (Å²) in [6.45, 7) is 8.91. The quantitative estimate of drug-likeness (QED) is 0.0296. The number of ether oxygens (including phenoxy) is 3. The summed E-state index contributed by atoms with van der Waals surface area (Å²) in [7, 11) is 1.62. The van der Waals surface area contributed by atoms with Gasteiger partial charge in [0.15, 0.2) is 5.65 Å². The lowest BCUT2D eigenvalue weighted by Gasteiger charge is -2.25. The van der Waals surface area contributed by atoms with Crippen molar-refractivity contribution < 1.29 is 47.8 Å². The van der Waals surface area contributed by atoms with Crippen LogP contribution >= 0.6 is 0 Å². The Balaban J connectivity index is 0.945. The van der Waals surface area contributed by atoms with Gasteiger partial charge in [0.1, 0.15) is 36.1 Å². The maximum atomic E-state index is 13.6. The number of hydrogen-bond acceptors (Lipinski definition) is 15. The lowest BCUT2D eigenvalue weighted by molar-refractivity contribution is -0.137. The minimum Gasteiger partial charge on any atom is -0.496 e. The first-order chi connectivity index (χ1) is 36.0. The van der Waals surface area contributed by atoms with Gasteiger partial charge in [-0.2, -0.15) is 9.97 Å². The van der Waals surface area contributed by atoms with Crippen molar-refractivity contribution in [2.75, 3.05) is 56.7 Å². The Morgan fingerprint density at radius 2 is 1.61 bits per heavy atom. The number of amides is 8. The number of nitrogen functional groups attached to an aromatic ring is 2. The number of aromatic nitrogens is 3. The SMILES string of the molecule is CCCCOc1nc(N)c2cc(N)n(Cc3ccc(CN4CC[C@H](NC(=O)OCc5ccc(NC(=O)[C@H](CCCNC(N)=O)NC(=O)[C@@H](NC(=O)CCCCCN6C(=O)C=CC6=O)C(C)C)cc5)C4)cc3OC)c2n1. The number of nitrogens with zero attached hydrogens (tertiary/aromatic N) is 5. The second-order valence-electron chi connectivity index (χ2n) is 19.0. The van der Waals surface area contributed by atoms with Gasteiger partial charge in [-0.3, -0.25) is 33.8 Å². The van der Waals surface area contributed by atoms with E-state index in [1.807, 2.05) is 22.8 Å². The third-order valence-electron chi connectivity index (χ3n) is 12.8. The topological polar surface area (TPSA) is 323 Å². The Morgan fingerprint density at radius 1 is 0.867 bits per heavy atom. The van der Waals surface area contributed by atoms with Gasteiger partial charge in [-0.05, 0) is 79.8 Å². The predicted molar refractivity (Wildman–Crippen MR) is 281 cm³/mol.